The van der Waals surface area contributed by atoms with Gasteiger partial charge in [-0.3, -0.25) is 0 Å². The van der Waals surface area contributed by atoms with Crippen molar-refractivity contribution in [1.82, 2.24) is 0 Å². The molecular formula is C10H13ClO4S. The molecule has 16 heavy (non-hydrogen) atoms. The predicted octanol–water partition coefficient (Wildman–Crippen LogP) is 2.12. The van der Waals surface area contributed by atoms with Gasteiger partial charge in [0.05, 0.1) is 9.92 Å². The van der Waals surface area contributed by atoms with Crippen LogP contribution in [0.1, 0.15) is 18.9 Å². The van der Waals surface area contributed by atoms with Crippen molar-refractivity contribution in [2.24, 2.45) is 0 Å². The van der Waals surface area contributed by atoms with Gasteiger partial charge in [-0.1, -0.05) is 24.6 Å². The van der Waals surface area contributed by atoms with E-state index in [0.717, 1.165) is 0 Å². The Morgan fingerprint density at radius 2 is 2.19 bits per heavy atom. The van der Waals surface area contributed by atoms with E-state index >= 15 is 0 Å². The smallest absolute Gasteiger partial charge is 0.191 e. The number of halogens is 1. The molecule has 0 saturated heterocycles. The lowest BCUT2D eigenvalue weighted by Gasteiger charge is -2.25. The van der Waals surface area contributed by atoms with Gasteiger partial charge in [-0.2, -0.15) is 0 Å². The zero-order valence-corrected chi connectivity index (χ0v) is 10.5. The van der Waals surface area contributed by atoms with E-state index < -0.39 is 16.9 Å². The second kappa shape index (κ2) is 5.25. The van der Waals surface area contributed by atoms with E-state index in [2.05, 4.69) is 0 Å². The van der Waals surface area contributed by atoms with Crippen molar-refractivity contribution < 1.29 is 18.6 Å². The number of ether oxygens (including phenoxy) is 1. The van der Waals surface area contributed by atoms with Crippen LogP contribution in [0.2, 0.25) is 5.02 Å². The summed E-state index contributed by atoms with van der Waals surface area (Å²) < 4.78 is 25.0. The summed E-state index contributed by atoms with van der Waals surface area (Å²) in [7, 11) is 1.37. The molecule has 0 aliphatic rings. The third kappa shape index (κ3) is 2.61. The van der Waals surface area contributed by atoms with Gasteiger partial charge in [-0.05, 0) is 12.1 Å². The minimum absolute atomic E-state index is 0.0584. The molecule has 0 saturated carbocycles. The molecule has 0 bridgehead atoms. The Kier molecular flexibility index (Phi) is 4.46. The lowest BCUT2D eigenvalue weighted by atomic mass is 10.0. The van der Waals surface area contributed by atoms with Crippen LogP contribution in [0.3, 0.4) is 0 Å². The number of hydrogen-bond acceptors (Lipinski definition) is 3. The highest BCUT2D eigenvalue weighted by molar-refractivity contribution is 7.79. The molecule has 6 heteroatoms. The molecule has 4 nitrogen and oxygen atoms in total. The molecule has 1 aromatic rings. The van der Waals surface area contributed by atoms with E-state index in [-0.39, 0.29) is 9.92 Å². The molecule has 1 rings (SSSR count). The highest BCUT2D eigenvalue weighted by atomic mass is 35.5. The minimum Gasteiger partial charge on any atom is -0.362 e. The zero-order chi connectivity index (χ0) is 12.3. The molecule has 0 fully saturated rings. The lowest BCUT2D eigenvalue weighted by Crippen LogP contribution is -2.27. The van der Waals surface area contributed by atoms with Crippen LogP contribution in [0.5, 0.6) is 0 Å². The maximum Gasteiger partial charge on any atom is 0.191 e. The van der Waals surface area contributed by atoms with Crippen LogP contribution < -0.4 is 0 Å². The largest absolute Gasteiger partial charge is 0.362 e. The van der Waals surface area contributed by atoms with Crippen LogP contribution in [0, 0.1) is 0 Å². The van der Waals surface area contributed by atoms with E-state index in [1.807, 2.05) is 0 Å². The van der Waals surface area contributed by atoms with Crippen molar-refractivity contribution in [1.29, 1.82) is 0 Å². The second-order valence-corrected chi connectivity index (χ2v) is 4.58. The first-order valence-corrected chi connectivity index (χ1v) is 6.11. The highest BCUT2D eigenvalue weighted by Crippen LogP contribution is 2.30. The van der Waals surface area contributed by atoms with Crippen LogP contribution in [-0.2, 0) is 21.6 Å². The van der Waals surface area contributed by atoms with Gasteiger partial charge in [0, 0.05) is 19.1 Å². The third-order valence-corrected chi connectivity index (χ3v) is 3.54. The van der Waals surface area contributed by atoms with Gasteiger partial charge >= 0.3 is 0 Å². The van der Waals surface area contributed by atoms with Crippen molar-refractivity contribution in [3.63, 3.8) is 0 Å². The van der Waals surface area contributed by atoms with Gasteiger partial charge in [0.1, 0.15) is 0 Å². The molecule has 0 aliphatic carbocycles. The summed E-state index contributed by atoms with van der Waals surface area (Å²) in [6.07, 6.45) is 0.322. The molecule has 0 aromatic heterocycles. The topological polar surface area (TPSA) is 66.8 Å². The fraction of sp³-hybridized carbons (Fsp3) is 0.400. The number of benzene rings is 1. The summed E-state index contributed by atoms with van der Waals surface area (Å²) in [6, 6.07) is 4.39. The van der Waals surface area contributed by atoms with Crippen LogP contribution in [0.4, 0.5) is 0 Å². The Balaban J connectivity index is 3.27. The average Bonchev–Trinajstić information content (AvgIpc) is 2.28. The molecule has 0 radical (unpaired) electrons. The van der Waals surface area contributed by atoms with E-state index in [1.54, 1.807) is 13.0 Å². The van der Waals surface area contributed by atoms with Crippen molar-refractivity contribution in [2.75, 3.05) is 7.11 Å². The quantitative estimate of drug-likeness (QED) is 0.646. The maximum absolute atomic E-state index is 11.0. The van der Waals surface area contributed by atoms with E-state index in [1.165, 1.54) is 19.2 Å². The fourth-order valence-corrected chi connectivity index (χ4v) is 2.12. The first kappa shape index (κ1) is 13.6. The normalized spacial score (nSPS) is 16.8. The summed E-state index contributed by atoms with van der Waals surface area (Å²) in [5.41, 5.74) is 0.402. The number of rotatable bonds is 4. The van der Waals surface area contributed by atoms with Crippen molar-refractivity contribution >= 4 is 22.7 Å². The second-order valence-electron chi connectivity index (χ2n) is 3.24. The molecule has 0 aliphatic heterocycles. The molecule has 0 amide bonds. The van der Waals surface area contributed by atoms with Gasteiger partial charge in [0.15, 0.2) is 16.9 Å². The summed E-state index contributed by atoms with van der Waals surface area (Å²) in [5, 5.41) is 10.2. The molecule has 2 atom stereocenters. The molecule has 90 valence electrons. The zero-order valence-electron chi connectivity index (χ0n) is 8.94. The predicted molar refractivity (Wildman–Crippen MR) is 61.7 cm³/mol. The summed E-state index contributed by atoms with van der Waals surface area (Å²) in [4.78, 5) is 0.0584. The standard InChI is InChI=1S/C10H13ClO4S/c1-3-10(12,15-2)7-4-5-8(11)9(6-7)16(13)14/h4-6,12H,3H2,1-2H3,(H,13,14)/t10-/m0/s1. The summed E-state index contributed by atoms with van der Waals surface area (Å²) >= 11 is 3.56. The van der Waals surface area contributed by atoms with E-state index in [9.17, 15) is 9.32 Å². The molecule has 2 N–H and O–H groups in total. The lowest BCUT2D eigenvalue weighted by molar-refractivity contribution is -0.196. The van der Waals surface area contributed by atoms with Crippen LogP contribution in [0.25, 0.3) is 0 Å². The number of methoxy groups -OCH3 is 1. The summed E-state index contributed by atoms with van der Waals surface area (Å²) in [6.45, 7) is 1.74. The Hall–Kier alpha value is -0.460. The third-order valence-electron chi connectivity index (χ3n) is 2.39. The van der Waals surface area contributed by atoms with E-state index in [4.69, 9.17) is 20.9 Å². The Labute approximate surface area is 101 Å². The monoisotopic (exact) mass is 264 g/mol. The minimum atomic E-state index is -2.19. The number of aliphatic hydroxyl groups is 1. The number of hydrogen-bond donors (Lipinski definition) is 2. The molecule has 0 spiro atoms. The molecular weight excluding hydrogens is 252 g/mol. The van der Waals surface area contributed by atoms with Gasteiger partial charge in [-0.25, -0.2) is 4.21 Å². The SMILES string of the molecule is CC[C@](O)(OC)c1ccc(Cl)c(S(=O)O)c1. The average molecular weight is 265 g/mol. The van der Waals surface area contributed by atoms with Crippen LogP contribution in [0.15, 0.2) is 23.1 Å². The van der Waals surface area contributed by atoms with Gasteiger partial charge in [0.2, 0.25) is 0 Å². The van der Waals surface area contributed by atoms with Crippen LogP contribution in [-0.4, -0.2) is 21.0 Å². The first-order valence-electron chi connectivity index (χ1n) is 4.63. The van der Waals surface area contributed by atoms with Gasteiger partial charge in [-0.15, -0.1) is 0 Å². The van der Waals surface area contributed by atoms with Gasteiger partial charge in [0.25, 0.3) is 0 Å². The van der Waals surface area contributed by atoms with Gasteiger partial charge < -0.3 is 14.4 Å². The maximum atomic E-state index is 11.0. The Morgan fingerprint density at radius 1 is 1.56 bits per heavy atom. The molecule has 1 aromatic carbocycles. The first-order chi connectivity index (χ1) is 7.44. The highest BCUT2D eigenvalue weighted by Gasteiger charge is 2.27. The van der Waals surface area contributed by atoms with E-state index in [0.29, 0.717) is 12.0 Å². The van der Waals surface area contributed by atoms with Crippen molar-refractivity contribution in [2.45, 2.75) is 24.0 Å². The molecule has 0 heterocycles. The molecule has 1 unspecified atom stereocenters. The summed E-state index contributed by atoms with van der Waals surface area (Å²) in [5.74, 6) is -1.46. The van der Waals surface area contributed by atoms with Crippen molar-refractivity contribution in [3.8, 4) is 0 Å². The fourth-order valence-electron chi connectivity index (χ4n) is 1.35. The van der Waals surface area contributed by atoms with Crippen molar-refractivity contribution in [3.05, 3.63) is 28.8 Å². The van der Waals surface area contributed by atoms with Crippen LogP contribution >= 0.6 is 11.6 Å². The Bertz CT molecular complexity index is 404. The Morgan fingerprint density at radius 3 is 2.62 bits per heavy atom.